The topological polar surface area (TPSA) is 21.3 Å². The normalized spacial score (nSPS) is 15.4. The van der Waals surface area contributed by atoms with E-state index in [1.54, 1.807) is 18.4 Å². The van der Waals surface area contributed by atoms with Gasteiger partial charge >= 0.3 is 0 Å². The van der Waals surface area contributed by atoms with Crippen molar-refractivity contribution in [1.82, 2.24) is 5.32 Å². The molecule has 1 N–H and O–H groups in total. The van der Waals surface area contributed by atoms with E-state index in [0.717, 1.165) is 10.8 Å². The Labute approximate surface area is 94.2 Å². The summed E-state index contributed by atoms with van der Waals surface area (Å²) in [5, 5.41) is 3.25. The Hall–Kier alpha value is -0.0900. The second kappa shape index (κ2) is 5.71. The molecule has 0 fully saturated rings. The van der Waals surface area contributed by atoms with E-state index in [-0.39, 0.29) is 6.10 Å². The van der Waals surface area contributed by atoms with Crippen LogP contribution in [0.25, 0.3) is 0 Å². The first-order chi connectivity index (χ1) is 6.67. The van der Waals surface area contributed by atoms with Gasteiger partial charge in [0.2, 0.25) is 0 Å². The molecule has 80 valence electrons. The Morgan fingerprint density at radius 2 is 2.29 bits per heavy atom. The molecule has 1 aromatic rings. The van der Waals surface area contributed by atoms with E-state index in [2.05, 4.69) is 18.3 Å². The van der Waals surface area contributed by atoms with Crippen molar-refractivity contribution in [3.05, 3.63) is 21.3 Å². The molecule has 0 aliphatic carbocycles. The third-order valence-electron chi connectivity index (χ3n) is 2.36. The molecule has 1 heterocycles. The van der Waals surface area contributed by atoms with Crippen molar-refractivity contribution in [1.29, 1.82) is 0 Å². The lowest BCUT2D eigenvalue weighted by atomic mass is 10.1. The van der Waals surface area contributed by atoms with Crippen molar-refractivity contribution in [2.45, 2.75) is 25.5 Å². The minimum atomic E-state index is 0.209. The van der Waals surface area contributed by atoms with Crippen LogP contribution in [0.15, 0.2) is 12.1 Å². The standard InChI is InChI=1S/C10H16ClNOS/c1-7(13-3)9(12-2)6-8-4-5-10(11)14-8/h4-5,7,9,12H,6H2,1-3H3. The Kier molecular flexibility index (Phi) is 4.89. The van der Waals surface area contributed by atoms with Crippen LogP contribution in [-0.4, -0.2) is 26.3 Å². The van der Waals surface area contributed by atoms with Gasteiger partial charge in [0.1, 0.15) is 0 Å². The minimum absolute atomic E-state index is 0.209. The van der Waals surface area contributed by atoms with Crippen LogP contribution < -0.4 is 5.32 Å². The molecule has 2 unspecified atom stereocenters. The molecule has 2 atom stereocenters. The summed E-state index contributed by atoms with van der Waals surface area (Å²) in [5.74, 6) is 0. The highest BCUT2D eigenvalue weighted by molar-refractivity contribution is 7.16. The summed E-state index contributed by atoms with van der Waals surface area (Å²) in [6, 6.07) is 4.35. The maximum atomic E-state index is 5.87. The average molecular weight is 234 g/mol. The zero-order valence-corrected chi connectivity index (χ0v) is 10.3. The highest BCUT2D eigenvalue weighted by Gasteiger charge is 2.15. The highest BCUT2D eigenvalue weighted by Crippen LogP contribution is 2.23. The minimum Gasteiger partial charge on any atom is -0.380 e. The summed E-state index contributed by atoms with van der Waals surface area (Å²) in [5.41, 5.74) is 0. The Morgan fingerprint density at radius 1 is 1.57 bits per heavy atom. The van der Waals surface area contributed by atoms with E-state index >= 15 is 0 Å². The number of thiophene rings is 1. The van der Waals surface area contributed by atoms with Gasteiger partial charge in [0, 0.05) is 18.0 Å². The third-order valence-corrected chi connectivity index (χ3v) is 3.61. The maximum absolute atomic E-state index is 5.87. The fraction of sp³-hybridized carbons (Fsp3) is 0.600. The zero-order chi connectivity index (χ0) is 10.6. The van der Waals surface area contributed by atoms with E-state index < -0.39 is 0 Å². The molecule has 0 spiro atoms. The molecule has 14 heavy (non-hydrogen) atoms. The fourth-order valence-corrected chi connectivity index (χ4v) is 2.49. The van der Waals surface area contributed by atoms with Crippen molar-refractivity contribution < 1.29 is 4.74 Å². The first-order valence-electron chi connectivity index (χ1n) is 4.61. The monoisotopic (exact) mass is 233 g/mol. The van der Waals surface area contributed by atoms with E-state index in [4.69, 9.17) is 16.3 Å². The van der Waals surface area contributed by atoms with E-state index in [1.807, 2.05) is 13.1 Å². The molecule has 0 aromatic carbocycles. The van der Waals surface area contributed by atoms with Crippen LogP contribution in [0, 0.1) is 0 Å². The van der Waals surface area contributed by atoms with Crippen molar-refractivity contribution in [3.63, 3.8) is 0 Å². The number of halogens is 1. The van der Waals surface area contributed by atoms with Crippen molar-refractivity contribution in [2.24, 2.45) is 0 Å². The Morgan fingerprint density at radius 3 is 2.71 bits per heavy atom. The smallest absolute Gasteiger partial charge is 0.0931 e. The van der Waals surface area contributed by atoms with Crippen LogP contribution >= 0.6 is 22.9 Å². The van der Waals surface area contributed by atoms with Gasteiger partial charge in [-0.2, -0.15) is 0 Å². The van der Waals surface area contributed by atoms with E-state index in [1.165, 1.54) is 4.88 Å². The van der Waals surface area contributed by atoms with Gasteiger partial charge in [-0.3, -0.25) is 0 Å². The molecular formula is C10H16ClNOS. The first kappa shape index (κ1) is 12.0. The molecular weight excluding hydrogens is 218 g/mol. The second-order valence-electron chi connectivity index (χ2n) is 3.25. The number of nitrogens with one attached hydrogen (secondary N) is 1. The lowest BCUT2D eigenvalue weighted by Gasteiger charge is -2.21. The number of likely N-dealkylation sites (N-methyl/N-ethyl adjacent to an activating group) is 1. The van der Waals surface area contributed by atoms with Crippen molar-refractivity contribution in [3.8, 4) is 0 Å². The van der Waals surface area contributed by atoms with Gasteiger partial charge in [-0.15, -0.1) is 11.3 Å². The predicted octanol–water partition coefficient (Wildman–Crippen LogP) is 2.57. The summed E-state index contributed by atoms with van der Waals surface area (Å²) < 4.78 is 6.14. The van der Waals surface area contributed by atoms with Gasteiger partial charge in [0.25, 0.3) is 0 Å². The van der Waals surface area contributed by atoms with Gasteiger partial charge in [0.15, 0.2) is 0 Å². The number of hydrogen-bond donors (Lipinski definition) is 1. The number of methoxy groups -OCH3 is 1. The van der Waals surface area contributed by atoms with Crippen LogP contribution in [-0.2, 0) is 11.2 Å². The molecule has 0 radical (unpaired) electrons. The van der Waals surface area contributed by atoms with Gasteiger partial charge in [0.05, 0.1) is 10.4 Å². The van der Waals surface area contributed by atoms with Crippen LogP contribution in [0.5, 0.6) is 0 Å². The quantitative estimate of drug-likeness (QED) is 0.844. The van der Waals surface area contributed by atoms with Crippen LogP contribution in [0.3, 0.4) is 0 Å². The Balaban J connectivity index is 2.56. The van der Waals surface area contributed by atoms with Crippen LogP contribution in [0.1, 0.15) is 11.8 Å². The average Bonchev–Trinajstić information content (AvgIpc) is 2.59. The second-order valence-corrected chi connectivity index (χ2v) is 5.05. The summed E-state index contributed by atoms with van der Waals surface area (Å²) in [6.45, 7) is 2.07. The predicted molar refractivity (Wildman–Crippen MR) is 62.4 cm³/mol. The maximum Gasteiger partial charge on any atom is 0.0931 e. The number of ether oxygens (including phenoxy) is 1. The van der Waals surface area contributed by atoms with E-state index in [9.17, 15) is 0 Å². The van der Waals surface area contributed by atoms with E-state index in [0.29, 0.717) is 6.04 Å². The summed E-state index contributed by atoms with van der Waals surface area (Å²) >= 11 is 7.50. The molecule has 1 rings (SSSR count). The lowest BCUT2D eigenvalue weighted by molar-refractivity contribution is 0.0859. The molecule has 1 aromatic heterocycles. The molecule has 0 bridgehead atoms. The fourth-order valence-electron chi connectivity index (χ4n) is 1.35. The zero-order valence-electron chi connectivity index (χ0n) is 8.71. The van der Waals surface area contributed by atoms with Gasteiger partial charge in [-0.1, -0.05) is 11.6 Å². The molecule has 0 saturated heterocycles. The number of hydrogen-bond acceptors (Lipinski definition) is 3. The third kappa shape index (κ3) is 3.24. The molecule has 2 nitrogen and oxygen atoms in total. The van der Waals surface area contributed by atoms with Gasteiger partial charge < -0.3 is 10.1 Å². The van der Waals surface area contributed by atoms with Crippen molar-refractivity contribution >= 4 is 22.9 Å². The van der Waals surface area contributed by atoms with Crippen LogP contribution in [0.2, 0.25) is 4.34 Å². The largest absolute Gasteiger partial charge is 0.380 e. The first-order valence-corrected chi connectivity index (χ1v) is 5.81. The Bertz CT molecular complexity index is 277. The molecule has 0 saturated carbocycles. The summed E-state index contributed by atoms with van der Waals surface area (Å²) in [7, 11) is 3.69. The molecule has 4 heteroatoms. The lowest BCUT2D eigenvalue weighted by Crippen LogP contribution is -2.38. The summed E-state index contributed by atoms with van der Waals surface area (Å²) in [6.07, 6.45) is 1.17. The van der Waals surface area contributed by atoms with Crippen LogP contribution in [0.4, 0.5) is 0 Å². The summed E-state index contributed by atoms with van der Waals surface area (Å²) in [4.78, 5) is 1.29. The van der Waals surface area contributed by atoms with Gasteiger partial charge in [-0.05, 0) is 32.5 Å². The SMILES string of the molecule is CNC(Cc1ccc(Cl)s1)C(C)OC. The highest BCUT2D eigenvalue weighted by atomic mass is 35.5. The van der Waals surface area contributed by atoms with Gasteiger partial charge in [-0.25, -0.2) is 0 Å². The molecule has 0 amide bonds. The molecule has 0 aliphatic rings. The molecule has 0 aliphatic heterocycles. The number of rotatable bonds is 5. The van der Waals surface area contributed by atoms with Crippen molar-refractivity contribution in [2.75, 3.05) is 14.2 Å².